The molecule has 3 aromatic carbocycles. The van der Waals surface area contributed by atoms with Gasteiger partial charge in [0, 0.05) is 24.2 Å². The monoisotopic (exact) mass is 470 g/mol. The van der Waals surface area contributed by atoms with Crippen molar-refractivity contribution in [2.24, 2.45) is 0 Å². The quantitative estimate of drug-likeness (QED) is 0.268. The molecule has 7 nitrogen and oxygen atoms in total. The Hall–Kier alpha value is -2.97. The van der Waals surface area contributed by atoms with Gasteiger partial charge in [0.15, 0.2) is 0 Å². The van der Waals surface area contributed by atoms with Crippen molar-refractivity contribution in [1.82, 2.24) is 21.2 Å². The van der Waals surface area contributed by atoms with E-state index in [0.717, 1.165) is 31.6 Å². The van der Waals surface area contributed by atoms with E-state index in [9.17, 15) is 9.59 Å². The molecule has 2 amide bonds. The molecule has 0 radical (unpaired) electrons. The molecule has 0 atom stereocenters. The third-order valence-electron chi connectivity index (χ3n) is 5.69. The lowest BCUT2D eigenvalue weighted by Crippen LogP contribution is -2.36. The lowest BCUT2D eigenvalue weighted by atomic mass is 9.97. The van der Waals surface area contributed by atoms with Crippen molar-refractivity contribution >= 4 is 35.0 Å². The number of carbonyl (C=O) groups excluding carboxylic acids is 2. The molecule has 0 saturated heterocycles. The van der Waals surface area contributed by atoms with Gasteiger partial charge in [-0.25, -0.2) is 10.9 Å². The topological polar surface area (TPSA) is 93.7 Å². The number of benzene rings is 3. The number of halogens is 1. The van der Waals surface area contributed by atoms with Crippen LogP contribution in [0.5, 0.6) is 0 Å². The molecule has 176 valence electrons. The zero-order chi connectivity index (χ0) is 22.9. The number of nitrogens with zero attached hydrogens (tertiary/aromatic N) is 1. The molecule has 0 aliphatic rings. The Kier molecular flexibility index (Phi) is 10.3. The minimum atomic E-state index is -0.623. The van der Waals surface area contributed by atoms with E-state index in [1.54, 1.807) is 5.48 Å². The van der Waals surface area contributed by atoms with Gasteiger partial charge >= 0.3 is 0 Å². The Bertz CT molecular complexity index is 1070. The fourth-order valence-electron chi connectivity index (χ4n) is 3.74. The highest BCUT2D eigenvalue weighted by Crippen LogP contribution is 2.23. The summed E-state index contributed by atoms with van der Waals surface area (Å²) in [5.41, 5.74) is 10.4. The number of rotatable bonds is 10. The van der Waals surface area contributed by atoms with Crippen molar-refractivity contribution in [2.45, 2.75) is 26.8 Å². The highest BCUT2D eigenvalue weighted by Gasteiger charge is 2.10. The van der Waals surface area contributed by atoms with E-state index in [0.29, 0.717) is 12.1 Å². The van der Waals surface area contributed by atoms with Crippen LogP contribution in [-0.4, -0.2) is 41.6 Å². The third kappa shape index (κ3) is 6.76. The number of amides is 2. The standard InChI is InChI=1S/C25H30N4O3.ClH/c1-3-29(4-2)16-15-18-9-14-21(23-8-6-5-7-22(18)23)17-26-27-24(30)19-10-12-20(13-11-19)25(31)28-32;/h5-14,26,32H,3-4,15-17H2,1-2H3,(H,27,30)(H,28,31);1H. The highest BCUT2D eigenvalue weighted by atomic mass is 35.5. The van der Waals surface area contributed by atoms with Crippen LogP contribution in [0.4, 0.5) is 0 Å². The smallest absolute Gasteiger partial charge is 0.274 e. The second-order valence-electron chi connectivity index (χ2n) is 7.53. The van der Waals surface area contributed by atoms with Crippen molar-refractivity contribution in [3.05, 3.63) is 82.9 Å². The van der Waals surface area contributed by atoms with Gasteiger partial charge in [0.1, 0.15) is 0 Å². The molecule has 0 saturated carbocycles. The molecule has 3 aromatic rings. The van der Waals surface area contributed by atoms with Gasteiger partial charge in [-0.2, -0.15) is 0 Å². The van der Waals surface area contributed by atoms with E-state index >= 15 is 0 Å². The van der Waals surface area contributed by atoms with Gasteiger partial charge in [0.25, 0.3) is 11.8 Å². The average molecular weight is 471 g/mol. The number of hydrazine groups is 1. The van der Waals surface area contributed by atoms with Crippen LogP contribution in [0.15, 0.2) is 60.7 Å². The van der Waals surface area contributed by atoms with Gasteiger partial charge in [0.2, 0.25) is 0 Å². The number of hydrogen-bond acceptors (Lipinski definition) is 5. The van der Waals surface area contributed by atoms with E-state index in [4.69, 9.17) is 5.21 Å². The summed E-state index contributed by atoms with van der Waals surface area (Å²) < 4.78 is 0. The Labute approximate surface area is 200 Å². The summed E-state index contributed by atoms with van der Waals surface area (Å²) >= 11 is 0. The maximum atomic E-state index is 12.4. The van der Waals surface area contributed by atoms with Crippen LogP contribution in [-0.2, 0) is 13.0 Å². The number of hydroxylamine groups is 1. The Balaban J connectivity index is 0.00000385. The van der Waals surface area contributed by atoms with E-state index in [1.807, 2.05) is 6.07 Å². The summed E-state index contributed by atoms with van der Waals surface area (Å²) in [6.45, 7) is 7.98. The lowest BCUT2D eigenvalue weighted by molar-refractivity contribution is 0.0706. The number of carbonyl (C=O) groups is 2. The zero-order valence-electron chi connectivity index (χ0n) is 18.9. The molecule has 3 rings (SSSR count). The first kappa shape index (κ1) is 26.3. The maximum Gasteiger partial charge on any atom is 0.274 e. The number of fused-ring (bicyclic) bond motifs is 1. The molecule has 8 heteroatoms. The van der Waals surface area contributed by atoms with Gasteiger partial charge < -0.3 is 4.90 Å². The van der Waals surface area contributed by atoms with E-state index < -0.39 is 5.91 Å². The largest absolute Gasteiger partial charge is 0.304 e. The summed E-state index contributed by atoms with van der Waals surface area (Å²) in [4.78, 5) is 26.2. The highest BCUT2D eigenvalue weighted by molar-refractivity contribution is 5.97. The second kappa shape index (κ2) is 12.9. The van der Waals surface area contributed by atoms with Crippen molar-refractivity contribution < 1.29 is 14.8 Å². The Morgan fingerprint density at radius 3 is 1.94 bits per heavy atom. The van der Waals surface area contributed by atoms with Crippen molar-refractivity contribution in [2.75, 3.05) is 19.6 Å². The third-order valence-corrected chi connectivity index (χ3v) is 5.69. The average Bonchev–Trinajstić information content (AvgIpc) is 2.85. The normalized spacial score (nSPS) is 10.7. The number of hydrogen-bond donors (Lipinski definition) is 4. The molecule has 0 aliphatic heterocycles. The molecule has 0 unspecified atom stereocenters. The van der Waals surface area contributed by atoms with Crippen LogP contribution in [0.2, 0.25) is 0 Å². The van der Waals surface area contributed by atoms with Crippen molar-refractivity contribution in [3.63, 3.8) is 0 Å². The first-order chi connectivity index (χ1) is 15.6. The van der Waals surface area contributed by atoms with Crippen LogP contribution in [0.25, 0.3) is 10.8 Å². The molecule has 0 spiro atoms. The van der Waals surface area contributed by atoms with Crippen molar-refractivity contribution in [3.8, 4) is 0 Å². The molecule has 4 N–H and O–H groups in total. The van der Waals surface area contributed by atoms with Gasteiger partial charge in [-0.3, -0.25) is 20.2 Å². The van der Waals surface area contributed by atoms with Crippen LogP contribution >= 0.6 is 12.4 Å². The molecule has 0 bridgehead atoms. The van der Waals surface area contributed by atoms with E-state index in [-0.39, 0.29) is 23.9 Å². The Morgan fingerprint density at radius 2 is 1.36 bits per heavy atom. The first-order valence-electron chi connectivity index (χ1n) is 10.9. The van der Waals surface area contributed by atoms with Gasteiger partial charge in [-0.15, -0.1) is 12.4 Å². The summed E-state index contributed by atoms with van der Waals surface area (Å²) in [6.07, 6.45) is 0.997. The van der Waals surface area contributed by atoms with Crippen LogP contribution in [0.3, 0.4) is 0 Å². The van der Waals surface area contributed by atoms with Crippen LogP contribution in [0.1, 0.15) is 45.7 Å². The first-order valence-corrected chi connectivity index (χ1v) is 10.9. The lowest BCUT2D eigenvalue weighted by Gasteiger charge is -2.19. The maximum absolute atomic E-state index is 12.4. The molecule has 0 aliphatic carbocycles. The summed E-state index contributed by atoms with van der Waals surface area (Å²) in [7, 11) is 0. The number of likely N-dealkylation sites (N-methyl/N-ethyl adjacent to an activating group) is 1. The van der Waals surface area contributed by atoms with Gasteiger partial charge in [-0.1, -0.05) is 50.2 Å². The minimum Gasteiger partial charge on any atom is -0.304 e. The Morgan fingerprint density at radius 1 is 0.818 bits per heavy atom. The zero-order valence-corrected chi connectivity index (χ0v) is 19.7. The van der Waals surface area contributed by atoms with Crippen LogP contribution in [0, 0.1) is 0 Å². The van der Waals surface area contributed by atoms with E-state index in [1.165, 1.54) is 40.6 Å². The van der Waals surface area contributed by atoms with Gasteiger partial charge in [-0.05, 0) is 65.7 Å². The molecular formula is C25H31ClN4O3. The molecule has 33 heavy (non-hydrogen) atoms. The minimum absolute atomic E-state index is 0. The predicted molar refractivity (Wildman–Crippen MR) is 133 cm³/mol. The fraction of sp³-hybridized carbons (Fsp3) is 0.280. The fourth-order valence-corrected chi connectivity index (χ4v) is 3.74. The molecule has 0 fully saturated rings. The van der Waals surface area contributed by atoms with E-state index in [2.05, 4.69) is 59.9 Å². The van der Waals surface area contributed by atoms with Gasteiger partial charge in [0.05, 0.1) is 0 Å². The van der Waals surface area contributed by atoms with Crippen LogP contribution < -0.4 is 16.3 Å². The molecule has 0 aromatic heterocycles. The summed E-state index contributed by atoms with van der Waals surface area (Å²) in [5.74, 6) is -0.927. The summed E-state index contributed by atoms with van der Waals surface area (Å²) in [5, 5.41) is 11.1. The molecule has 0 heterocycles. The SMILES string of the molecule is CCN(CC)CCc1ccc(CNNC(=O)c2ccc(C(=O)NO)cc2)c2ccccc12.Cl. The second-order valence-corrected chi connectivity index (χ2v) is 7.53. The molecular weight excluding hydrogens is 440 g/mol. The summed E-state index contributed by atoms with van der Waals surface area (Å²) in [6, 6.07) is 18.7. The number of nitrogens with one attached hydrogen (secondary N) is 3. The van der Waals surface area contributed by atoms with Crippen molar-refractivity contribution in [1.29, 1.82) is 0 Å². The predicted octanol–water partition coefficient (Wildman–Crippen LogP) is 3.70.